The first-order valence-electron chi connectivity index (χ1n) is 11.2. The largest absolute Gasteiger partial charge is 0.354 e. The average Bonchev–Trinajstić information content (AvgIpc) is 2.75. The summed E-state index contributed by atoms with van der Waals surface area (Å²) in [5.74, 6) is -0.543. The molecule has 9 heteroatoms. The Hall–Kier alpha value is -2.58. The SMILES string of the molecule is Cc1cccc(N(CC(=O)N(Cc2cccc(Cl)c2)[C@H](C)C(=O)NCC(C)C)S(C)(=O)=O)c1C. The standard InChI is InChI=1S/C25H34ClN3O4S/c1-17(2)14-27-25(31)20(5)28(15-21-10-8-11-22(26)13-21)24(30)16-29(34(6,32)33)23-12-7-9-18(3)19(23)4/h7-13,17,20H,14-16H2,1-6H3,(H,27,31)/t20-/m1/s1. The van der Waals surface area contributed by atoms with Crippen LogP contribution in [0.5, 0.6) is 0 Å². The number of hydrogen-bond donors (Lipinski definition) is 1. The highest BCUT2D eigenvalue weighted by Gasteiger charge is 2.30. The van der Waals surface area contributed by atoms with Gasteiger partial charge in [0, 0.05) is 18.1 Å². The minimum absolute atomic E-state index is 0.111. The van der Waals surface area contributed by atoms with Gasteiger partial charge in [-0.2, -0.15) is 0 Å². The van der Waals surface area contributed by atoms with Gasteiger partial charge in [-0.25, -0.2) is 8.42 Å². The lowest BCUT2D eigenvalue weighted by molar-refractivity contribution is -0.139. The van der Waals surface area contributed by atoms with Crippen molar-refractivity contribution in [2.24, 2.45) is 5.92 Å². The Bertz CT molecular complexity index is 1130. The van der Waals surface area contributed by atoms with E-state index >= 15 is 0 Å². The predicted octanol–water partition coefficient (Wildman–Crippen LogP) is 3.91. The first-order chi connectivity index (χ1) is 15.8. The molecule has 0 aliphatic carbocycles. The minimum Gasteiger partial charge on any atom is -0.354 e. The number of nitrogens with one attached hydrogen (secondary N) is 1. The van der Waals surface area contributed by atoms with Gasteiger partial charge in [-0.3, -0.25) is 13.9 Å². The number of nitrogens with zero attached hydrogens (tertiary/aromatic N) is 2. The Balaban J connectivity index is 2.41. The molecule has 0 unspecified atom stereocenters. The zero-order chi connectivity index (χ0) is 25.6. The molecule has 2 aromatic rings. The number of halogens is 1. The van der Waals surface area contributed by atoms with Crippen LogP contribution in [0.3, 0.4) is 0 Å². The van der Waals surface area contributed by atoms with Crippen molar-refractivity contribution in [2.45, 2.75) is 47.2 Å². The average molecular weight is 508 g/mol. The van der Waals surface area contributed by atoms with Crippen molar-refractivity contribution in [2.75, 3.05) is 23.7 Å². The molecule has 0 saturated heterocycles. The number of carbonyl (C=O) groups excluding carboxylic acids is 2. The molecule has 7 nitrogen and oxygen atoms in total. The molecule has 186 valence electrons. The normalized spacial score (nSPS) is 12.4. The van der Waals surface area contributed by atoms with Crippen LogP contribution in [0.1, 0.15) is 37.5 Å². The Morgan fingerprint density at radius 2 is 1.71 bits per heavy atom. The highest BCUT2D eigenvalue weighted by molar-refractivity contribution is 7.92. The summed E-state index contributed by atoms with van der Waals surface area (Å²) in [4.78, 5) is 27.8. The molecule has 2 rings (SSSR count). The van der Waals surface area contributed by atoms with Gasteiger partial charge in [0.15, 0.2) is 0 Å². The van der Waals surface area contributed by atoms with Crippen LogP contribution in [-0.2, 0) is 26.2 Å². The van der Waals surface area contributed by atoms with Gasteiger partial charge < -0.3 is 10.2 Å². The van der Waals surface area contributed by atoms with Crippen molar-refractivity contribution in [3.05, 3.63) is 64.2 Å². The van der Waals surface area contributed by atoms with E-state index in [2.05, 4.69) is 5.32 Å². The fourth-order valence-electron chi connectivity index (χ4n) is 3.47. The topological polar surface area (TPSA) is 86.8 Å². The van der Waals surface area contributed by atoms with E-state index in [-0.39, 0.29) is 18.4 Å². The Labute approximate surface area is 208 Å². The number of rotatable bonds is 10. The van der Waals surface area contributed by atoms with Crippen LogP contribution in [0, 0.1) is 19.8 Å². The van der Waals surface area contributed by atoms with Crippen molar-refractivity contribution in [3.63, 3.8) is 0 Å². The van der Waals surface area contributed by atoms with Gasteiger partial charge in [0.25, 0.3) is 0 Å². The van der Waals surface area contributed by atoms with Crippen LogP contribution in [0.25, 0.3) is 0 Å². The van der Waals surface area contributed by atoms with Gasteiger partial charge in [-0.15, -0.1) is 0 Å². The summed E-state index contributed by atoms with van der Waals surface area (Å²) < 4.78 is 26.5. The summed E-state index contributed by atoms with van der Waals surface area (Å²) in [6.45, 7) is 9.46. The highest BCUT2D eigenvalue weighted by atomic mass is 35.5. The fourth-order valence-corrected chi connectivity index (χ4v) is 4.58. The van der Waals surface area contributed by atoms with Gasteiger partial charge in [0.1, 0.15) is 12.6 Å². The molecule has 0 aliphatic heterocycles. The molecule has 0 radical (unpaired) electrons. The number of anilines is 1. The fraction of sp³-hybridized carbons (Fsp3) is 0.440. The van der Waals surface area contributed by atoms with Crippen molar-refractivity contribution < 1.29 is 18.0 Å². The zero-order valence-electron chi connectivity index (χ0n) is 20.6. The lowest BCUT2D eigenvalue weighted by Gasteiger charge is -2.32. The Morgan fingerprint density at radius 1 is 1.06 bits per heavy atom. The second kappa shape index (κ2) is 11.7. The van der Waals surface area contributed by atoms with Crippen LogP contribution in [0.4, 0.5) is 5.69 Å². The van der Waals surface area contributed by atoms with Crippen LogP contribution in [0.2, 0.25) is 5.02 Å². The van der Waals surface area contributed by atoms with E-state index in [1.54, 1.807) is 37.3 Å². The quantitative estimate of drug-likeness (QED) is 0.528. The third-order valence-electron chi connectivity index (χ3n) is 5.62. The monoisotopic (exact) mass is 507 g/mol. The summed E-state index contributed by atoms with van der Waals surface area (Å²) >= 11 is 6.12. The van der Waals surface area contributed by atoms with Crippen molar-refractivity contribution in [1.82, 2.24) is 10.2 Å². The molecule has 0 aliphatic rings. The molecule has 0 fully saturated rings. The molecule has 34 heavy (non-hydrogen) atoms. The van der Waals surface area contributed by atoms with Crippen LogP contribution in [0.15, 0.2) is 42.5 Å². The molecule has 0 saturated carbocycles. The summed E-state index contributed by atoms with van der Waals surface area (Å²) in [6, 6.07) is 11.5. The molecule has 1 N–H and O–H groups in total. The van der Waals surface area contributed by atoms with Gasteiger partial charge in [0.2, 0.25) is 21.8 Å². The van der Waals surface area contributed by atoms with Gasteiger partial charge in [-0.05, 0) is 61.6 Å². The maximum atomic E-state index is 13.6. The second-order valence-electron chi connectivity index (χ2n) is 8.96. The summed E-state index contributed by atoms with van der Waals surface area (Å²) in [5.41, 5.74) is 2.86. The predicted molar refractivity (Wildman–Crippen MR) is 137 cm³/mol. The van der Waals surface area contributed by atoms with Crippen LogP contribution >= 0.6 is 11.6 Å². The number of sulfonamides is 1. The van der Waals surface area contributed by atoms with E-state index < -0.39 is 28.5 Å². The smallest absolute Gasteiger partial charge is 0.244 e. The Kier molecular flexibility index (Phi) is 9.53. The molecular weight excluding hydrogens is 474 g/mol. The van der Waals surface area contributed by atoms with Crippen molar-refractivity contribution >= 4 is 39.1 Å². The maximum Gasteiger partial charge on any atom is 0.244 e. The first kappa shape index (κ1) is 27.7. The second-order valence-corrected chi connectivity index (χ2v) is 11.3. The minimum atomic E-state index is -3.77. The molecular formula is C25H34ClN3O4S. The molecule has 2 amide bonds. The van der Waals surface area contributed by atoms with Gasteiger partial charge >= 0.3 is 0 Å². The third kappa shape index (κ3) is 7.46. The number of hydrogen-bond acceptors (Lipinski definition) is 4. The molecule has 2 aromatic carbocycles. The molecule has 1 atom stereocenters. The van der Waals surface area contributed by atoms with Crippen molar-refractivity contribution in [1.29, 1.82) is 0 Å². The summed E-state index contributed by atoms with van der Waals surface area (Å²) in [5, 5.41) is 3.36. The van der Waals surface area contributed by atoms with E-state index in [0.717, 1.165) is 27.3 Å². The van der Waals surface area contributed by atoms with E-state index in [4.69, 9.17) is 11.6 Å². The van der Waals surface area contributed by atoms with E-state index in [1.165, 1.54) is 4.90 Å². The first-order valence-corrected chi connectivity index (χ1v) is 13.4. The lowest BCUT2D eigenvalue weighted by Crippen LogP contribution is -2.51. The zero-order valence-corrected chi connectivity index (χ0v) is 22.2. The number of aryl methyl sites for hydroxylation is 1. The van der Waals surface area contributed by atoms with E-state index in [0.29, 0.717) is 17.3 Å². The molecule has 0 bridgehead atoms. The molecule has 0 aromatic heterocycles. The van der Waals surface area contributed by atoms with Gasteiger partial charge in [0.05, 0.1) is 11.9 Å². The summed E-state index contributed by atoms with van der Waals surface area (Å²) in [7, 11) is -3.77. The molecule has 0 heterocycles. The highest BCUT2D eigenvalue weighted by Crippen LogP contribution is 2.25. The molecule has 0 spiro atoms. The van der Waals surface area contributed by atoms with Crippen LogP contribution in [-0.4, -0.2) is 50.5 Å². The van der Waals surface area contributed by atoms with Crippen LogP contribution < -0.4 is 9.62 Å². The van der Waals surface area contributed by atoms with Crippen molar-refractivity contribution in [3.8, 4) is 0 Å². The third-order valence-corrected chi connectivity index (χ3v) is 6.98. The summed E-state index contributed by atoms with van der Waals surface area (Å²) in [6.07, 6.45) is 1.07. The van der Waals surface area contributed by atoms with E-state index in [1.807, 2.05) is 39.8 Å². The Morgan fingerprint density at radius 3 is 2.29 bits per heavy atom. The number of amides is 2. The number of benzene rings is 2. The van der Waals surface area contributed by atoms with Gasteiger partial charge in [-0.1, -0.05) is 49.7 Å². The number of carbonyl (C=O) groups is 2. The lowest BCUT2D eigenvalue weighted by atomic mass is 10.1. The maximum absolute atomic E-state index is 13.6. The van der Waals surface area contributed by atoms with E-state index in [9.17, 15) is 18.0 Å².